The zero-order valence-electron chi connectivity index (χ0n) is 30.4. The van der Waals surface area contributed by atoms with Gasteiger partial charge in [-0.25, -0.2) is 4.98 Å². The lowest BCUT2D eigenvalue weighted by atomic mass is 9.99. The number of fused-ring (bicyclic) bond motifs is 5. The summed E-state index contributed by atoms with van der Waals surface area (Å²) in [5.41, 5.74) is 7.35. The van der Waals surface area contributed by atoms with Crippen LogP contribution in [0.1, 0.15) is 0 Å². The third-order valence-corrected chi connectivity index (χ3v) is 14.5. The molecular weight excluding hydrogens is 705 g/mol. The van der Waals surface area contributed by atoms with Crippen LogP contribution in [0.25, 0.3) is 44.5 Å². The Morgan fingerprint density at radius 1 is 0.472 bits per heavy atom. The van der Waals surface area contributed by atoms with E-state index in [2.05, 4.69) is 129 Å². The van der Waals surface area contributed by atoms with Gasteiger partial charge in [0.15, 0.2) is 5.58 Å². The number of oxazole rings is 1. The van der Waals surface area contributed by atoms with E-state index in [4.69, 9.17) is 37.3 Å². The van der Waals surface area contributed by atoms with Crippen LogP contribution in [0.5, 0.6) is 0 Å². The highest BCUT2D eigenvalue weighted by Crippen LogP contribution is 2.33. The van der Waals surface area contributed by atoms with Crippen LogP contribution >= 0.6 is 0 Å². The summed E-state index contributed by atoms with van der Waals surface area (Å²) in [6.07, 6.45) is 0. The minimum Gasteiger partial charge on any atom is -0.436 e. The van der Waals surface area contributed by atoms with Gasteiger partial charge in [0.05, 0.1) is 54.8 Å². The van der Waals surface area contributed by atoms with Gasteiger partial charge in [0.1, 0.15) is 5.52 Å². The monoisotopic (exact) mass is 740 g/mol. The molecule has 10 rings (SSSR count). The minimum atomic E-state index is -2.41. The van der Waals surface area contributed by atoms with Gasteiger partial charge in [-0.1, -0.05) is 60.7 Å². The molecule has 0 bridgehead atoms. The first-order valence-corrected chi connectivity index (χ1v) is 26.6. The van der Waals surface area contributed by atoms with Crippen molar-refractivity contribution in [2.45, 2.75) is 39.3 Å². The van der Waals surface area contributed by atoms with E-state index in [1.165, 1.54) is 10.8 Å². The van der Waals surface area contributed by atoms with Gasteiger partial charge < -0.3 is 9.32 Å². The molecule has 12 heteroatoms. The number of aromatic nitrogens is 1. The van der Waals surface area contributed by atoms with Gasteiger partial charge in [0.25, 0.3) is 25.2 Å². The second-order valence-corrected chi connectivity index (χ2v) is 25.7. The van der Waals surface area contributed by atoms with Gasteiger partial charge >= 0.3 is 0 Å². The molecule has 4 heterocycles. The molecule has 53 heavy (non-hydrogen) atoms. The van der Waals surface area contributed by atoms with E-state index in [1.807, 2.05) is 24.3 Å². The predicted octanol–water partition coefficient (Wildman–Crippen LogP) is 6.65. The zero-order chi connectivity index (χ0) is 36.3. The maximum absolute atomic E-state index is 6.31. The summed E-state index contributed by atoms with van der Waals surface area (Å²) < 4.78 is 38.3. The Labute approximate surface area is 308 Å². The molecule has 7 aromatic rings. The second-order valence-electron chi connectivity index (χ2n) is 15.3. The van der Waals surface area contributed by atoms with Gasteiger partial charge in [-0.2, -0.15) is 0 Å². The lowest BCUT2D eigenvalue weighted by Gasteiger charge is -2.26. The number of hydrogen-bond donors (Lipinski definition) is 0. The molecule has 6 aromatic carbocycles. The van der Waals surface area contributed by atoms with E-state index in [1.54, 1.807) is 0 Å². The topological polar surface area (TPSA) is 103 Å². The van der Waals surface area contributed by atoms with Crippen LogP contribution in [-0.2, 0) is 0 Å². The molecule has 0 N–H and O–H groups in total. The van der Waals surface area contributed by atoms with E-state index < -0.39 is 25.2 Å². The van der Waals surface area contributed by atoms with Gasteiger partial charge in [0.2, 0.25) is 5.89 Å². The Hall–Kier alpha value is -5.70. The smallest absolute Gasteiger partial charge is 0.298 e. The molecule has 0 fully saturated rings. The molecule has 0 saturated heterocycles. The van der Waals surface area contributed by atoms with Gasteiger partial charge in [-0.15, -0.1) is 0 Å². The van der Waals surface area contributed by atoms with Crippen molar-refractivity contribution in [1.82, 2.24) is 4.98 Å². The third kappa shape index (κ3) is 5.27. The molecule has 258 valence electrons. The first kappa shape index (κ1) is 32.0. The van der Waals surface area contributed by atoms with Crippen LogP contribution in [0.15, 0.2) is 142 Å². The quantitative estimate of drug-likeness (QED) is 0.185. The standard InChI is InChI=1S/C41H36N8OSi3/c1-51(2)43-31-15-11-16-32(38(31)46-51)49(34-23-21-29(37-40(34)48-53(5,6)45-37)41-42-30-14-9-10-17-35(30)50-41)33-22-20-28(36-39(33)47-52(3,4)44-36)27-19-18-25-12-7-8-13-26(25)24-27/h7-24H,1-6H3. The van der Waals surface area contributed by atoms with Crippen LogP contribution < -0.4 is 37.0 Å². The Morgan fingerprint density at radius 2 is 1.06 bits per heavy atom. The maximum Gasteiger partial charge on any atom is 0.298 e. The van der Waals surface area contributed by atoms with Crippen LogP contribution in [-0.4, -0.2) is 30.2 Å². The van der Waals surface area contributed by atoms with Crippen molar-refractivity contribution in [3.63, 3.8) is 0 Å². The minimum absolute atomic E-state index is 0.538. The van der Waals surface area contributed by atoms with Crippen LogP contribution in [0.4, 0.5) is 17.1 Å². The predicted molar refractivity (Wildman–Crippen MR) is 216 cm³/mol. The van der Waals surface area contributed by atoms with E-state index in [9.17, 15) is 0 Å². The van der Waals surface area contributed by atoms with E-state index in [-0.39, 0.29) is 0 Å². The summed E-state index contributed by atoms with van der Waals surface area (Å²) in [7, 11) is -7.00. The Morgan fingerprint density at radius 3 is 1.79 bits per heavy atom. The Kier molecular flexibility index (Phi) is 6.73. The average Bonchev–Trinajstić information content (AvgIpc) is 3.87. The largest absolute Gasteiger partial charge is 0.436 e. The molecule has 0 atom stereocenters. The van der Waals surface area contributed by atoms with Crippen LogP contribution in [0.3, 0.4) is 0 Å². The number of anilines is 3. The fourth-order valence-corrected chi connectivity index (χ4v) is 12.5. The average molecular weight is 741 g/mol. The number of rotatable bonds is 5. The van der Waals surface area contributed by atoms with Crippen molar-refractivity contribution in [3.8, 4) is 22.6 Å². The lowest BCUT2D eigenvalue weighted by molar-refractivity contribution is 0.619. The first-order chi connectivity index (χ1) is 25.4. The van der Waals surface area contributed by atoms with E-state index in [0.717, 1.165) is 77.0 Å². The number of nitrogens with zero attached hydrogens (tertiary/aromatic N) is 8. The van der Waals surface area contributed by atoms with Crippen molar-refractivity contribution in [1.29, 1.82) is 0 Å². The molecular formula is C41H36N8OSi3. The SMILES string of the molecule is C[Si]1(C)N=c2cccc(N(c3ccc(-c4ccc5ccccc5c4)c4c3=N[Si](C)(C)N=4)c3ccc(-c4nc5ccccc5o4)c4c3=N[Si](C)(C)N=4)c2=N1. The molecule has 0 amide bonds. The summed E-state index contributed by atoms with van der Waals surface area (Å²) in [6, 6.07) is 37.9. The molecule has 9 nitrogen and oxygen atoms in total. The third-order valence-electron chi connectivity index (χ3n) is 9.88. The summed E-state index contributed by atoms with van der Waals surface area (Å²) in [6.45, 7) is 13.1. The van der Waals surface area contributed by atoms with Crippen LogP contribution in [0.2, 0.25) is 39.3 Å². The summed E-state index contributed by atoms with van der Waals surface area (Å²) in [4.78, 5) is 7.16. The second kappa shape index (κ2) is 11.2. The molecule has 3 aliphatic rings. The number of hydrogen-bond acceptors (Lipinski definition) is 9. The highest BCUT2D eigenvalue weighted by atomic mass is 28.4. The maximum atomic E-state index is 6.31. The number of benzene rings is 6. The highest BCUT2D eigenvalue weighted by Gasteiger charge is 2.33. The molecule has 0 saturated carbocycles. The summed E-state index contributed by atoms with van der Waals surface area (Å²) in [5.74, 6) is 0.538. The van der Waals surface area contributed by atoms with E-state index >= 15 is 0 Å². The van der Waals surface area contributed by atoms with Gasteiger partial charge in [-0.05, 0) is 104 Å². The van der Waals surface area contributed by atoms with Gasteiger partial charge in [0, 0.05) is 5.56 Å². The van der Waals surface area contributed by atoms with Crippen molar-refractivity contribution >= 4 is 64.1 Å². The molecule has 0 radical (unpaired) electrons. The lowest BCUT2D eigenvalue weighted by Crippen LogP contribution is -2.38. The Balaban J connectivity index is 1.27. The van der Waals surface area contributed by atoms with Crippen molar-refractivity contribution < 1.29 is 4.42 Å². The molecule has 0 spiro atoms. The van der Waals surface area contributed by atoms with E-state index in [0.29, 0.717) is 5.89 Å². The van der Waals surface area contributed by atoms with Crippen molar-refractivity contribution in [2.24, 2.45) is 27.9 Å². The fourth-order valence-electron chi connectivity index (χ4n) is 7.73. The van der Waals surface area contributed by atoms with Crippen molar-refractivity contribution in [3.05, 3.63) is 141 Å². The number of para-hydroxylation sites is 2. The highest BCUT2D eigenvalue weighted by molar-refractivity contribution is 6.75. The Bertz CT molecular complexity index is 3110. The summed E-state index contributed by atoms with van der Waals surface area (Å²) in [5, 5.41) is 7.66. The zero-order valence-corrected chi connectivity index (χ0v) is 33.4. The molecule has 1 aromatic heterocycles. The summed E-state index contributed by atoms with van der Waals surface area (Å²) >= 11 is 0. The molecule has 0 aliphatic carbocycles. The van der Waals surface area contributed by atoms with Crippen molar-refractivity contribution in [2.75, 3.05) is 4.90 Å². The molecule has 0 unspecified atom stereocenters. The normalized spacial score (nSPS) is 16.7. The fraction of sp³-hybridized carbons (Fsp3) is 0.146. The molecule has 3 aliphatic heterocycles. The van der Waals surface area contributed by atoms with Crippen LogP contribution in [0, 0.1) is 0 Å². The first-order valence-electron chi connectivity index (χ1n) is 17.9. The van der Waals surface area contributed by atoms with Gasteiger partial charge in [-0.3, -0.25) is 27.9 Å².